The number of aryl methyl sites for hydroxylation is 3. The van der Waals surface area contributed by atoms with E-state index < -0.39 is 17.5 Å². The van der Waals surface area contributed by atoms with E-state index in [1.54, 1.807) is 29.4 Å². The Morgan fingerprint density at radius 1 is 1.09 bits per heavy atom. The van der Waals surface area contributed by atoms with E-state index in [2.05, 4.69) is 15.2 Å². The molecule has 3 aromatic heterocycles. The molecule has 0 aliphatic carbocycles. The largest absolute Gasteiger partial charge is 0.325 e. The number of amides is 1. The van der Waals surface area contributed by atoms with Crippen LogP contribution < -0.4 is 0 Å². The highest BCUT2D eigenvalue weighted by atomic mass is 19.2. The van der Waals surface area contributed by atoms with Crippen LogP contribution in [0.4, 0.5) is 13.2 Å². The standard InChI is InChI=1S/C25H23F3N6O/c1-12-7-20-30-13(2)23(34(20)29-11-12)25(35)33-15-5-4-6-19(33)22-16(10-15)24(32(3)31-22)14-8-17(26)21(28)18(27)9-14/h7-9,11,15,19H,4-6,10H2,1-3H3. The van der Waals surface area contributed by atoms with Crippen molar-refractivity contribution in [2.24, 2.45) is 7.05 Å². The Morgan fingerprint density at radius 3 is 2.57 bits per heavy atom. The number of nitrogens with zero attached hydrogens (tertiary/aromatic N) is 6. The van der Waals surface area contributed by atoms with Gasteiger partial charge in [-0.25, -0.2) is 22.7 Å². The average Bonchev–Trinajstić information content (AvgIpc) is 3.31. The van der Waals surface area contributed by atoms with Crippen LogP contribution in [-0.2, 0) is 13.5 Å². The fourth-order valence-corrected chi connectivity index (χ4v) is 5.71. The third-order valence-electron chi connectivity index (χ3n) is 7.16. The molecule has 0 spiro atoms. The third-order valence-corrected chi connectivity index (χ3v) is 7.16. The molecule has 4 aromatic rings. The zero-order valence-electron chi connectivity index (χ0n) is 19.5. The van der Waals surface area contributed by atoms with Gasteiger partial charge in [-0.3, -0.25) is 9.48 Å². The Kier molecular flexibility index (Phi) is 4.77. The van der Waals surface area contributed by atoms with Crippen LogP contribution >= 0.6 is 0 Å². The second-order valence-electron chi connectivity index (χ2n) is 9.46. The van der Waals surface area contributed by atoms with Crippen LogP contribution in [0.15, 0.2) is 24.4 Å². The monoisotopic (exact) mass is 480 g/mol. The number of benzene rings is 1. The predicted molar refractivity (Wildman–Crippen MR) is 121 cm³/mol. The molecule has 1 saturated heterocycles. The molecule has 1 aromatic carbocycles. The summed E-state index contributed by atoms with van der Waals surface area (Å²) < 4.78 is 44.8. The first kappa shape index (κ1) is 21.8. The number of hydrogen-bond acceptors (Lipinski definition) is 4. The average molecular weight is 480 g/mol. The lowest BCUT2D eigenvalue weighted by Gasteiger charge is -2.45. The molecule has 180 valence electrons. The summed E-state index contributed by atoms with van der Waals surface area (Å²) in [5.74, 6) is -4.13. The summed E-state index contributed by atoms with van der Waals surface area (Å²) in [6.07, 6.45) is 4.65. The fraction of sp³-hybridized carbons (Fsp3) is 0.360. The summed E-state index contributed by atoms with van der Waals surface area (Å²) in [6, 6.07) is 3.49. The van der Waals surface area contributed by atoms with Crippen LogP contribution in [0.3, 0.4) is 0 Å². The van der Waals surface area contributed by atoms with E-state index in [9.17, 15) is 18.0 Å². The van der Waals surface area contributed by atoms with Crippen molar-refractivity contribution in [1.29, 1.82) is 0 Å². The van der Waals surface area contributed by atoms with Crippen LogP contribution in [0.5, 0.6) is 0 Å². The van der Waals surface area contributed by atoms with Crippen LogP contribution in [0.25, 0.3) is 16.9 Å². The summed E-state index contributed by atoms with van der Waals surface area (Å²) in [4.78, 5) is 20.4. The van der Waals surface area contributed by atoms with Gasteiger partial charge in [0.15, 0.2) is 28.8 Å². The van der Waals surface area contributed by atoms with E-state index in [1.807, 2.05) is 17.9 Å². The number of piperidine rings is 1. The molecule has 1 amide bonds. The molecule has 10 heteroatoms. The van der Waals surface area contributed by atoms with E-state index in [0.29, 0.717) is 34.8 Å². The number of fused-ring (bicyclic) bond motifs is 5. The summed E-state index contributed by atoms with van der Waals surface area (Å²) in [6.45, 7) is 3.73. The zero-order valence-corrected chi connectivity index (χ0v) is 19.5. The van der Waals surface area contributed by atoms with Gasteiger partial charge < -0.3 is 4.90 Å². The van der Waals surface area contributed by atoms with Crippen molar-refractivity contribution in [3.63, 3.8) is 0 Å². The molecule has 0 N–H and O–H groups in total. The molecule has 5 heterocycles. The van der Waals surface area contributed by atoms with Crippen molar-refractivity contribution in [2.45, 2.75) is 51.6 Å². The first-order chi connectivity index (χ1) is 16.7. The number of hydrogen-bond donors (Lipinski definition) is 0. The van der Waals surface area contributed by atoms with E-state index in [0.717, 1.165) is 42.5 Å². The molecule has 2 aliphatic heterocycles. The first-order valence-electron chi connectivity index (χ1n) is 11.6. The molecule has 7 nitrogen and oxygen atoms in total. The number of imidazole rings is 1. The number of rotatable bonds is 2. The Morgan fingerprint density at radius 2 is 1.83 bits per heavy atom. The number of halogens is 3. The third kappa shape index (κ3) is 3.19. The molecule has 2 aliphatic rings. The molecule has 0 saturated carbocycles. The second-order valence-corrected chi connectivity index (χ2v) is 9.46. The van der Waals surface area contributed by atoms with Gasteiger partial charge in [-0.05, 0) is 63.3 Å². The summed E-state index contributed by atoms with van der Waals surface area (Å²) >= 11 is 0. The van der Waals surface area contributed by atoms with Crippen molar-refractivity contribution in [2.75, 3.05) is 0 Å². The molecular weight excluding hydrogens is 457 g/mol. The molecule has 1 fully saturated rings. The quantitative estimate of drug-likeness (QED) is 0.398. The van der Waals surface area contributed by atoms with Crippen molar-refractivity contribution < 1.29 is 18.0 Å². The Balaban J connectivity index is 1.46. The van der Waals surface area contributed by atoms with E-state index >= 15 is 0 Å². The lowest BCUT2D eigenvalue weighted by atomic mass is 9.81. The topological polar surface area (TPSA) is 68.3 Å². The number of carbonyl (C=O) groups excluding carboxylic acids is 1. The van der Waals surface area contributed by atoms with Gasteiger partial charge in [-0.15, -0.1) is 0 Å². The minimum atomic E-state index is -1.49. The highest BCUT2D eigenvalue weighted by molar-refractivity contribution is 5.95. The number of aromatic nitrogens is 5. The Labute approximate surface area is 199 Å². The normalized spacial score (nSPS) is 19.3. The highest BCUT2D eigenvalue weighted by Gasteiger charge is 2.44. The van der Waals surface area contributed by atoms with Crippen molar-refractivity contribution >= 4 is 11.6 Å². The van der Waals surface area contributed by atoms with Crippen LogP contribution in [0.1, 0.15) is 58.3 Å². The lowest BCUT2D eigenvalue weighted by Crippen LogP contribution is -2.50. The van der Waals surface area contributed by atoms with Gasteiger partial charge in [0.2, 0.25) is 0 Å². The second kappa shape index (κ2) is 7.66. The van der Waals surface area contributed by atoms with E-state index in [1.165, 1.54) is 0 Å². The van der Waals surface area contributed by atoms with Gasteiger partial charge in [-0.1, -0.05) is 0 Å². The van der Waals surface area contributed by atoms with Gasteiger partial charge >= 0.3 is 0 Å². The minimum Gasteiger partial charge on any atom is -0.325 e. The van der Waals surface area contributed by atoms with Crippen molar-refractivity contribution in [1.82, 2.24) is 29.3 Å². The minimum absolute atomic E-state index is 0.109. The van der Waals surface area contributed by atoms with Crippen molar-refractivity contribution in [3.05, 3.63) is 70.1 Å². The Bertz CT molecular complexity index is 1500. The predicted octanol–water partition coefficient (Wildman–Crippen LogP) is 4.46. The van der Waals surface area contributed by atoms with Crippen LogP contribution in [-0.4, -0.2) is 41.2 Å². The van der Waals surface area contributed by atoms with Gasteiger partial charge in [0.1, 0.15) is 0 Å². The Hall–Kier alpha value is -3.69. The SMILES string of the molecule is Cc1cnn2c(C(=O)N3C4CCCC3c3nn(C)c(-c5cc(F)c(F)c(F)c5)c3C4)c(C)nc2c1. The van der Waals surface area contributed by atoms with Crippen LogP contribution in [0.2, 0.25) is 0 Å². The maximum atomic E-state index is 14.0. The highest BCUT2D eigenvalue weighted by Crippen LogP contribution is 2.45. The molecule has 0 radical (unpaired) electrons. The summed E-state index contributed by atoms with van der Waals surface area (Å²) in [5.41, 5.74) is 4.95. The summed E-state index contributed by atoms with van der Waals surface area (Å²) in [7, 11) is 1.70. The fourth-order valence-electron chi connectivity index (χ4n) is 5.71. The molecular formula is C25H23F3N6O. The molecule has 2 unspecified atom stereocenters. The molecule has 2 atom stereocenters. The first-order valence-corrected chi connectivity index (χ1v) is 11.6. The summed E-state index contributed by atoms with van der Waals surface area (Å²) in [5, 5.41) is 9.11. The lowest BCUT2D eigenvalue weighted by molar-refractivity contribution is 0.0382. The van der Waals surface area contributed by atoms with Gasteiger partial charge in [0.05, 0.1) is 29.3 Å². The number of carbonyl (C=O) groups is 1. The maximum Gasteiger partial charge on any atom is 0.275 e. The van der Waals surface area contributed by atoms with E-state index in [4.69, 9.17) is 0 Å². The smallest absolute Gasteiger partial charge is 0.275 e. The van der Waals surface area contributed by atoms with E-state index in [-0.39, 0.29) is 23.6 Å². The maximum absolute atomic E-state index is 14.0. The molecule has 6 rings (SSSR count). The van der Waals surface area contributed by atoms with Gasteiger partial charge in [0, 0.05) is 24.2 Å². The zero-order chi connectivity index (χ0) is 24.6. The van der Waals surface area contributed by atoms with Gasteiger partial charge in [0.25, 0.3) is 5.91 Å². The molecule has 2 bridgehead atoms. The van der Waals surface area contributed by atoms with Gasteiger partial charge in [-0.2, -0.15) is 10.2 Å². The molecule has 35 heavy (non-hydrogen) atoms. The van der Waals surface area contributed by atoms with Crippen LogP contribution in [0, 0.1) is 31.3 Å². The van der Waals surface area contributed by atoms with Crippen molar-refractivity contribution in [3.8, 4) is 11.3 Å².